The Balaban J connectivity index is 2.17. The summed E-state index contributed by atoms with van der Waals surface area (Å²) < 4.78 is 0. The molecular weight excluding hydrogens is 234 g/mol. The van der Waals surface area contributed by atoms with Gasteiger partial charge in [-0.25, -0.2) is 0 Å². The van der Waals surface area contributed by atoms with Crippen LogP contribution in [0.3, 0.4) is 0 Å². The first-order valence-electron chi connectivity index (χ1n) is 7.02. The van der Waals surface area contributed by atoms with Gasteiger partial charge in [0.25, 0.3) is 0 Å². The average molecular weight is 255 g/mol. The molecule has 0 saturated heterocycles. The first-order valence-corrected chi connectivity index (χ1v) is 7.02. The lowest BCUT2D eigenvalue weighted by atomic mass is 9.81. The van der Waals surface area contributed by atoms with Crippen LogP contribution in [0.25, 0.3) is 11.1 Å². The largest absolute Gasteiger partial charge is 0.382 e. The molecule has 1 aliphatic carbocycles. The van der Waals surface area contributed by atoms with Crippen molar-refractivity contribution in [2.75, 3.05) is 5.73 Å². The Kier molecular flexibility index (Phi) is 2.85. The van der Waals surface area contributed by atoms with Crippen molar-refractivity contribution in [3.05, 3.63) is 35.5 Å². The van der Waals surface area contributed by atoms with Crippen LogP contribution in [0.4, 0.5) is 5.82 Å². The number of anilines is 1. The molecule has 1 aromatic heterocycles. The number of aromatic amines is 1. The maximum Gasteiger partial charge on any atom is 0.153 e. The number of rotatable bonds is 2. The van der Waals surface area contributed by atoms with E-state index in [1.54, 1.807) is 0 Å². The summed E-state index contributed by atoms with van der Waals surface area (Å²) in [5, 5.41) is 7.48. The predicted molar refractivity (Wildman–Crippen MR) is 79.0 cm³/mol. The number of hydrogen-bond donors (Lipinski definition) is 2. The van der Waals surface area contributed by atoms with Crippen molar-refractivity contribution < 1.29 is 0 Å². The van der Waals surface area contributed by atoms with Gasteiger partial charge in [-0.15, -0.1) is 0 Å². The highest BCUT2D eigenvalue weighted by molar-refractivity contribution is 5.79. The molecular formula is C16H21N3. The van der Waals surface area contributed by atoms with E-state index < -0.39 is 0 Å². The van der Waals surface area contributed by atoms with Gasteiger partial charge in [-0.1, -0.05) is 44.0 Å². The summed E-state index contributed by atoms with van der Waals surface area (Å²) in [7, 11) is 0. The molecule has 3 rings (SSSR count). The van der Waals surface area contributed by atoms with Crippen LogP contribution < -0.4 is 5.73 Å². The van der Waals surface area contributed by atoms with Crippen molar-refractivity contribution in [1.29, 1.82) is 0 Å². The number of H-pyrrole nitrogens is 1. The van der Waals surface area contributed by atoms with Crippen LogP contribution >= 0.6 is 0 Å². The van der Waals surface area contributed by atoms with Gasteiger partial charge >= 0.3 is 0 Å². The summed E-state index contributed by atoms with van der Waals surface area (Å²) in [4.78, 5) is 0. The van der Waals surface area contributed by atoms with E-state index in [9.17, 15) is 0 Å². The summed E-state index contributed by atoms with van der Waals surface area (Å²) in [6, 6.07) is 8.39. The van der Waals surface area contributed by atoms with Crippen molar-refractivity contribution in [3.8, 4) is 11.1 Å². The van der Waals surface area contributed by atoms with E-state index in [4.69, 9.17) is 5.73 Å². The maximum atomic E-state index is 6.13. The van der Waals surface area contributed by atoms with E-state index in [2.05, 4.69) is 48.3 Å². The Bertz CT molecular complexity index is 592. The monoisotopic (exact) mass is 255 g/mol. The second-order valence-corrected chi connectivity index (χ2v) is 5.94. The molecule has 0 bridgehead atoms. The molecule has 3 nitrogen and oxygen atoms in total. The third-order valence-corrected chi connectivity index (χ3v) is 4.52. The number of nitrogens with zero attached hydrogens (tertiary/aromatic N) is 1. The molecule has 0 aliphatic heterocycles. The summed E-state index contributed by atoms with van der Waals surface area (Å²) in [6.45, 7) is 4.46. The van der Waals surface area contributed by atoms with Crippen molar-refractivity contribution in [3.63, 3.8) is 0 Å². The molecule has 0 atom stereocenters. The highest BCUT2D eigenvalue weighted by Gasteiger charge is 2.35. The van der Waals surface area contributed by atoms with E-state index in [0.717, 1.165) is 5.56 Å². The average Bonchev–Trinajstić information content (AvgIpc) is 2.98. The molecule has 0 amide bonds. The first kappa shape index (κ1) is 12.3. The Labute approximate surface area is 114 Å². The molecule has 0 radical (unpaired) electrons. The zero-order valence-electron chi connectivity index (χ0n) is 11.7. The van der Waals surface area contributed by atoms with Gasteiger partial charge in [0, 0.05) is 11.0 Å². The standard InChI is InChI=1S/C16H21N3/c1-11-7-3-4-8-12(11)13-14(18-19-15(13)17)16(2)9-5-6-10-16/h3-4,7-8H,5-6,9-10H2,1-2H3,(H3,17,18,19). The molecule has 1 aromatic carbocycles. The lowest BCUT2D eigenvalue weighted by molar-refractivity contribution is 0.476. The Morgan fingerprint density at radius 1 is 1.21 bits per heavy atom. The van der Waals surface area contributed by atoms with Gasteiger partial charge in [-0.3, -0.25) is 5.10 Å². The summed E-state index contributed by atoms with van der Waals surface area (Å²) in [5.74, 6) is 0.623. The lowest BCUT2D eigenvalue weighted by Gasteiger charge is -2.24. The van der Waals surface area contributed by atoms with E-state index in [1.165, 1.54) is 42.5 Å². The van der Waals surface area contributed by atoms with E-state index >= 15 is 0 Å². The van der Waals surface area contributed by atoms with Crippen LogP contribution in [0.2, 0.25) is 0 Å². The fourth-order valence-electron chi connectivity index (χ4n) is 3.32. The molecule has 3 heteroatoms. The zero-order valence-corrected chi connectivity index (χ0v) is 11.7. The van der Waals surface area contributed by atoms with E-state index in [1.807, 2.05) is 0 Å². The van der Waals surface area contributed by atoms with Crippen molar-refractivity contribution in [2.45, 2.75) is 44.9 Å². The predicted octanol–water partition coefficient (Wildman–Crippen LogP) is 3.80. The second-order valence-electron chi connectivity index (χ2n) is 5.94. The van der Waals surface area contributed by atoms with E-state index in [-0.39, 0.29) is 5.41 Å². The smallest absolute Gasteiger partial charge is 0.153 e. The van der Waals surface area contributed by atoms with Gasteiger partial charge in [0.1, 0.15) is 0 Å². The quantitative estimate of drug-likeness (QED) is 0.857. The molecule has 2 aromatic rings. The number of benzene rings is 1. The topological polar surface area (TPSA) is 54.7 Å². The van der Waals surface area contributed by atoms with Gasteiger partial charge in [-0.2, -0.15) is 5.10 Å². The minimum atomic E-state index is 0.197. The minimum absolute atomic E-state index is 0.197. The van der Waals surface area contributed by atoms with E-state index in [0.29, 0.717) is 5.82 Å². The van der Waals surface area contributed by atoms with Gasteiger partial charge in [0.05, 0.1) is 5.69 Å². The highest BCUT2D eigenvalue weighted by atomic mass is 15.2. The lowest BCUT2D eigenvalue weighted by Crippen LogP contribution is -2.18. The number of aromatic nitrogens is 2. The fraction of sp³-hybridized carbons (Fsp3) is 0.438. The minimum Gasteiger partial charge on any atom is -0.382 e. The molecule has 1 heterocycles. The Morgan fingerprint density at radius 3 is 2.58 bits per heavy atom. The molecule has 19 heavy (non-hydrogen) atoms. The van der Waals surface area contributed by atoms with Crippen LogP contribution in [0.1, 0.15) is 43.9 Å². The van der Waals surface area contributed by atoms with Crippen LogP contribution in [0, 0.1) is 6.92 Å². The fourth-order valence-corrected chi connectivity index (χ4v) is 3.32. The van der Waals surface area contributed by atoms with Crippen LogP contribution in [0.15, 0.2) is 24.3 Å². The van der Waals surface area contributed by atoms with Gasteiger partial charge < -0.3 is 5.73 Å². The maximum absolute atomic E-state index is 6.13. The molecule has 100 valence electrons. The summed E-state index contributed by atoms with van der Waals surface area (Å²) in [6.07, 6.45) is 5.02. The SMILES string of the molecule is Cc1ccccc1-c1c(N)n[nH]c1C1(C)CCCC1. The highest BCUT2D eigenvalue weighted by Crippen LogP contribution is 2.45. The van der Waals surface area contributed by atoms with Crippen molar-refractivity contribution in [1.82, 2.24) is 10.2 Å². The summed E-state index contributed by atoms with van der Waals surface area (Å²) >= 11 is 0. The molecule has 0 spiro atoms. The third kappa shape index (κ3) is 1.93. The van der Waals surface area contributed by atoms with Crippen molar-refractivity contribution >= 4 is 5.82 Å². The molecule has 1 aliphatic rings. The Hall–Kier alpha value is -1.77. The zero-order chi connectivity index (χ0) is 13.5. The van der Waals surface area contributed by atoms with Gasteiger partial charge in [0.15, 0.2) is 5.82 Å². The molecule has 3 N–H and O–H groups in total. The van der Waals surface area contributed by atoms with Gasteiger partial charge in [0.2, 0.25) is 0 Å². The number of aryl methyl sites for hydroxylation is 1. The molecule has 0 unspecified atom stereocenters. The van der Waals surface area contributed by atoms with Gasteiger partial charge in [-0.05, 0) is 30.9 Å². The third-order valence-electron chi connectivity index (χ3n) is 4.52. The number of nitrogens with one attached hydrogen (secondary N) is 1. The number of nitrogens with two attached hydrogens (primary N) is 1. The molecule has 1 saturated carbocycles. The number of nitrogen functional groups attached to an aromatic ring is 1. The molecule has 1 fully saturated rings. The van der Waals surface area contributed by atoms with Crippen LogP contribution in [0.5, 0.6) is 0 Å². The van der Waals surface area contributed by atoms with Crippen molar-refractivity contribution in [2.24, 2.45) is 0 Å². The number of hydrogen-bond acceptors (Lipinski definition) is 2. The summed E-state index contributed by atoms with van der Waals surface area (Å²) in [5.41, 5.74) is 11.1. The normalized spacial score (nSPS) is 17.8. The second kappa shape index (κ2) is 4.41. The van der Waals surface area contributed by atoms with Crippen LogP contribution in [-0.4, -0.2) is 10.2 Å². The Morgan fingerprint density at radius 2 is 1.89 bits per heavy atom. The first-order chi connectivity index (χ1) is 9.12. The van der Waals surface area contributed by atoms with Crippen LogP contribution in [-0.2, 0) is 5.41 Å².